The first kappa shape index (κ1) is 46.9. The molecule has 1 saturated heterocycles. The first-order valence-electron chi connectivity index (χ1n) is 21.1. The average Bonchev–Trinajstić information content (AvgIpc) is 3.18. The molecule has 10 heteroatoms. The van der Waals surface area contributed by atoms with E-state index in [0.29, 0.717) is 35.1 Å². The van der Waals surface area contributed by atoms with Gasteiger partial charge in [-0.2, -0.15) is 0 Å². The molecule has 1 aliphatic heterocycles. The molecule has 58 heavy (non-hydrogen) atoms. The van der Waals surface area contributed by atoms with Crippen LogP contribution in [-0.2, 0) is 25.2 Å². The summed E-state index contributed by atoms with van der Waals surface area (Å²) in [5, 5.41) is 7.50. The normalized spacial score (nSPS) is 14.4. The van der Waals surface area contributed by atoms with Crippen LogP contribution in [0.25, 0.3) is 0 Å². The van der Waals surface area contributed by atoms with E-state index in [4.69, 9.17) is 25.6 Å². The van der Waals surface area contributed by atoms with Crippen molar-refractivity contribution in [2.75, 3.05) is 32.9 Å². The highest BCUT2D eigenvalue weighted by Crippen LogP contribution is 2.37. The number of aryl methyl sites for hydroxylation is 2. The number of benzene rings is 3. The lowest BCUT2D eigenvalue weighted by atomic mass is 9.94. The third kappa shape index (κ3) is 13.6. The zero-order valence-corrected chi connectivity index (χ0v) is 39.1. The van der Waals surface area contributed by atoms with Crippen molar-refractivity contribution in [3.05, 3.63) is 118 Å². The summed E-state index contributed by atoms with van der Waals surface area (Å²) in [6.45, 7) is 20.0. The molecular formula is C48H67ClN2O5Si2. The minimum absolute atomic E-state index is 0.0460. The molecule has 1 fully saturated rings. The summed E-state index contributed by atoms with van der Waals surface area (Å²) in [4.78, 5) is 33.9. The molecular weight excluding hydrogens is 776 g/mol. The fourth-order valence-electron chi connectivity index (χ4n) is 7.56. The van der Waals surface area contributed by atoms with Gasteiger partial charge in [-0.05, 0) is 103 Å². The van der Waals surface area contributed by atoms with Crippen molar-refractivity contribution in [2.24, 2.45) is 5.16 Å². The summed E-state index contributed by atoms with van der Waals surface area (Å²) < 4.78 is 12.9. The number of amides is 1. The van der Waals surface area contributed by atoms with Gasteiger partial charge in [-0.25, -0.2) is 4.79 Å². The van der Waals surface area contributed by atoms with Gasteiger partial charge in [0.1, 0.15) is 0 Å². The fourth-order valence-corrected chi connectivity index (χ4v) is 13.1. The van der Waals surface area contributed by atoms with Gasteiger partial charge in [-0.15, -0.1) is 0 Å². The quantitative estimate of drug-likeness (QED) is 0.0283. The summed E-state index contributed by atoms with van der Waals surface area (Å²) in [6, 6.07) is 24.4. The van der Waals surface area contributed by atoms with Crippen molar-refractivity contribution < 1.29 is 23.6 Å². The van der Waals surface area contributed by atoms with Crippen LogP contribution in [0.4, 0.5) is 0 Å². The van der Waals surface area contributed by atoms with Gasteiger partial charge in [0.25, 0.3) is 14.2 Å². The van der Waals surface area contributed by atoms with Crippen LogP contribution in [0, 0.1) is 13.8 Å². The largest absolute Gasteiger partial charge is 0.462 e. The lowest BCUT2D eigenvalue weighted by Crippen LogP contribution is -2.66. The minimum Gasteiger partial charge on any atom is -0.462 e. The molecule has 0 atom stereocenters. The van der Waals surface area contributed by atoms with E-state index in [0.717, 1.165) is 75.2 Å². The fraction of sp³-hybridized carbons (Fsp3) is 0.479. The van der Waals surface area contributed by atoms with E-state index in [9.17, 15) is 9.59 Å². The number of halogens is 1. The molecule has 7 nitrogen and oxygen atoms in total. The number of hydrogen-bond donors (Lipinski definition) is 0. The Kier molecular flexibility index (Phi) is 18.3. The molecule has 0 spiro atoms. The van der Waals surface area contributed by atoms with Gasteiger partial charge in [0.2, 0.25) is 0 Å². The van der Waals surface area contributed by atoms with E-state index in [-0.39, 0.29) is 29.9 Å². The van der Waals surface area contributed by atoms with Crippen molar-refractivity contribution in [1.29, 1.82) is 0 Å². The number of unbranched alkanes of at least 4 members (excludes halogenated alkanes) is 2. The molecule has 1 aliphatic rings. The molecule has 0 bridgehead atoms. The number of piperidine rings is 1. The molecule has 0 aromatic heterocycles. The number of hydrogen-bond acceptors (Lipinski definition) is 6. The van der Waals surface area contributed by atoms with Crippen molar-refractivity contribution in [3.8, 4) is 0 Å². The maximum atomic E-state index is 13.5. The number of carbonyl (C=O) groups excluding carboxylic acids is 2. The second-order valence-corrected chi connectivity index (χ2v) is 28.0. The van der Waals surface area contributed by atoms with E-state index < -0.39 is 16.4 Å². The summed E-state index contributed by atoms with van der Waals surface area (Å²) in [5.74, 6) is -0.440. The summed E-state index contributed by atoms with van der Waals surface area (Å²) in [6.07, 6.45) is 15.4. The van der Waals surface area contributed by atoms with Crippen LogP contribution in [0.3, 0.4) is 0 Å². The number of oxime groups is 1. The standard InChI is InChI=1S/C48H67ClN2O5Si2/c1-38-35-39(2)46(49)43(45(38)47(53)54-33-34-57(6,7)8)36-40(50-55-37-44(52)51-30-22-16-23-31-51)25-17-12-10-9-11-13-24-32-56-58(48(3,4)5,41-26-18-14-19-27-41)42-28-20-15-21-29-42/h9,11,14-15,17-21,25-29,35H,10,12-13,16,22-24,30-34,36-37H2,1-8H3/b11-9+,25-17+,50-40?. The van der Waals surface area contributed by atoms with Crippen LogP contribution in [-0.4, -0.2) is 71.8 Å². The second-order valence-electron chi connectivity index (χ2n) is 17.7. The van der Waals surface area contributed by atoms with Crippen LogP contribution in [0.15, 0.2) is 96.2 Å². The summed E-state index contributed by atoms with van der Waals surface area (Å²) in [5.41, 5.74) is 3.39. The average molecular weight is 844 g/mol. The third-order valence-electron chi connectivity index (χ3n) is 10.7. The molecule has 0 N–H and O–H groups in total. The number of allylic oxidation sites excluding steroid dienone is 4. The third-order valence-corrected chi connectivity index (χ3v) is 18.0. The lowest BCUT2D eigenvalue weighted by Gasteiger charge is -2.43. The van der Waals surface area contributed by atoms with Crippen molar-refractivity contribution in [3.63, 3.8) is 0 Å². The summed E-state index contributed by atoms with van der Waals surface area (Å²) >= 11 is 6.92. The molecule has 0 unspecified atom stereocenters. The van der Waals surface area contributed by atoms with Crippen LogP contribution in [0.5, 0.6) is 0 Å². The lowest BCUT2D eigenvalue weighted by molar-refractivity contribution is -0.137. The molecule has 314 valence electrons. The maximum absolute atomic E-state index is 13.5. The molecule has 0 radical (unpaired) electrons. The van der Waals surface area contributed by atoms with Gasteiger partial charge in [-0.3, -0.25) is 4.79 Å². The monoisotopic (exact) mass is 842 g/mol. The molecule has 0 aliphatic carbocycles. The Labute approximate surface area is 356 Å². The van der Waals surface area contributed by atoms with Crippen molar-refractivity contribution >= 4 is 56.0 Å². The van der Waals surface area contributed by atoms with Gasteiger partial charge in [0, 0.05) is 39.2 Å². The highest BCUT2D eigenvalue weighted by molar-refractivity contribution is 6.99. The Morgan fingerprint density at radius 3 is 2.03 bits per heavy atom. The van der Waals surface area contributed by atoms with Crippen molar-refractivity contribution in [2.45, 2.75) is 117 Å². The summed E-state index contributed by atoms with van der Waals surface area (Å²) in [7, 11) is -3.94. The smallest absolute Gasteiger partial charge is 0.338 e. The maximum Gasteiger partial charge on any atom is 0.338 e. The van der Waals surface area contributed by atoms with Gasteiger partial charge in [-0.1, -0.05) is 142 Å². The highest BCUT2D eigenvalue weighted by atomic mass is 35.5. The second kappa shape index (κ2) is 22.6. The first-order chi connectivity index (χ1) is 27.6. The van der Waals surface area contributed by atoms with Gasteiger partial charge in [0.05, 0.1) is 17.9 Å². The molecule has 1 amide bonds. The number of esters is 1. The molecule has 4 rings (SSSR count). The number of ether oxygens (including phenoxy) is 1. The predicted octanol–water partition coefficient (Wildman–Crippen LogP) is 10.6. The van der Waals surface area contributed by atoms with Crippen LogP contribution >= 0.6 is 11.6 Å². The Balaban J connectivity index is 1.41. The van der Waals surface area contributed by atoms with E-state index >= 15 is 0 Å². The van der Waals surface area contributed by atoms with Gasteiger partial charge >= 0.3 is 5.97 Å². The van der Waals surface area contributed by atoms with E-state index in [1.54, 1.807) is 0 Å². The van der Waals surface area contributed by atoms with E-state index in [1.165, 1.54) is 10.4 Å². The predicted molar refractivity (Wildman–Crippen MR) is 247 cm³/mol. The number of rotatable bonds is 20. The number of carbonyl (C=O) groups is 2. The van der Waals surface area contributed by atoms with E-state index in [2.05, 4.69) is 124 Å². The zero-order chi connectivity index (χ0) is 42.2. The SMILES string of the molecule is Cc1cc(C)c(C(=O)OCC[Si](C)(C)C)c(CC(/C=C/CC/C=C/CCCO[Si](c2ccccc2)(c2ccccc2)C(C)(C)C)=NOCC(=O)N2CCCCC2)c1Cl. The Morgan fingerprint density at radius 1 is 0.828 bits per heavy atom. The molecule has 1 heterocycles. The van der Waals surface area contributed by atoms with E-state index in [1.807, 2.05) is 30.9 Å². The van der Waals surface area contributed by atoms with Gasteiger partial charge in [0.15, 0.2) is 6.61 Å². The topological polar surface area (TPSA) is 77.4 Å². The molecule has 3 aromatic carbocycles. The minimum atomic E-state index is -2.54. The van der Waals surface area contributed by atoms with Gasteiger partial charge < -0.3 is 18.9 Å². The van der Waals surface area contributed by atoms with Crippen LogP contribution in [0.2, 0.25) is 35.7 Å². The first-order valence-corrected chi connectivity index (χ1v) is 27.1. The number of likely N-dealkylation sites (tertiary alicyclic amines) is 1. The zero-order valence-electron chi connectivity index (χ0n) is 36.4. The molecule has 0 saturated carbocycles. The van der Waals surface area contributed by atoms with Crippen LogP contribution < -0.4 is 10.4 Å². The highest BCUT2D eigenvalue weighted by Gasteiger charge is 2.49. The van der Waals surface area contributed by atoms with Crippen molar-refractivity contribution in [1.82, 2.24) is 4.90 Å². The Bertz CT molecular complexity index is 1820. The molecule has 3 aromatic rings. The Hall–Kier alpha value is -3.77. The van der Waals surface area contributed by atoms with Crippen LogP contribution in [0.1, 0.15) is 92.8 Å². The Morgan fingerprint density at radius 2 is 1.43 bits per heavy atom. The number of nitrogens with zero attached hydrogens (tertiary/aromatic N) is 2.